The van der Waals surface area contributed by atoms with Crippen molar-refractivity contribution in [2.24, 2.45) is 5.10 Å². The van der Waals surface area contributed by atoms with E-state index < -0.39 is 0 Å². The Labute approximate surface area is 159 Å². The number of hydrogen-bond acceptors (Lipinski definition) is 2. The third-order valence-electron chi connectivity index (χ3n) is 5.06. The smallest absolute Gasteiger partial charge is 0.247 e. The second-order valence-electron chi connectivity index (χ2n) is 6.81. The molecule has 0 saturated heterocycles. The number of nitrogens with zero attached hydrogens (tertiary/aromatic N) is 1. The quantitative estimate of drug-likeness (QED) is 0.537. The largest absolute Gasteiger partial charge is 0.272 e. The number of benzene rings is 3. The van der Waals surface area contributed by atoms with Gasteiger partial charge in [-0.3, -0.25) is 4.79 Å². The highest BCUT2D eigenvalue weighted by Crippen LogP contribution is 2.31. The molecule has 1 amide bonds. The predicted molar refractivity (Wildman–Crippen MR) is 109 cm³/mol. The lowest BCUT2D eigenvalue weighted by molar-refractivity contribution is -0.122. The van der Waals surface area contributed by atoms with E-state index in [-0.39, 0.29) is 11.8 Å². The van der Waals surface area contributed by atoms with Crippen molar-refractivity contribution < 1.29 is 4.79 Å². The molecule has 0 radical (unpaired) electrons. The van der Waals surface area contributed by atoms with Crippen LogP contribution in [0.15, 0.2) is 90.0 Å². The minimum atomic E-state index is -0.133. The van der Waals surface area contributed by atoms with E-state index in [4.69, 9.17) is 0 Å². The van der Waals surface area contributed by atoms with Crippen LogP contribution in [0.2, 0.25) is 0 Å². The highest BCUT2D eigenvalue weighted by atomic mass is 16.2. The SMILES string of the molecule is O=C(NN=C(c1ccccc1)c1ccccc1)C1CCCc2ccccc21. The van der Waals surface area contributed by atoms with Gasteiger partial charge in [-0.25, -0.2) is 5.43 Å². The Hall–Kier alpha value is -3.20. The van der Waals surface area contributed by atoms with Gasteiger partial charge in [0.05, 0.1) is 11.6 Å². The Kier molecular flexibility index (Phi) is 5.10. The van der Waals surface area contributed by atoms with Crippen LogP contribution < -0.4 is 5.43 Å². The zero-order valence-corrected chi connectivity index (χ0v) is 15.1. The third kappa shape index (κ3) is 3.82. The van der Waals surface area contributed by atoms with Gasteiger partial charge in [0.1, 0.15) is 0 Å². The number of aryl methyl sites for hydroxylation is 1. The van der Waals surface area contributed by atoms with Crippen molar-refractivity contribution in [3.63, 3.8) is 0 Å². The molecule has 1 N–H and O–H groups in total. The fourth-order valence-electron chi connectivity index (χ4n) is 3.70. The minimum absolute atomic E-state index is 0.0356. The number of rotatable bonds is 4. The molecular weight excluding hydrogens is 332 g/mol. The van der Waals surface area contributed by atoms with Crippen LogP contribution in [0.5, 0.6) is 0 Å². The highest BCUT2D eigenvalue weighted by molar-refractivity contribution is 6.13. The molecule has 0 bridgehead atoms. The van der Waals surface area contributed by atoms with Crippen LogP contribution in [0.3, 0.4) is 0 Å². The molecule has 1 aliphatic rings. The molecule has 134 valence electrons. The van der Waals surface area contributed by atoms with Gasteiger partial charge in [-0.1, -0.05) is 84.9 Å². The van der Waals surface area contributed by atoms with Crippen LogP contribution in [-0.2, 0) is 11.2 Å². The summed E-state index contributed by atoms with van der Waals surface area (Å²) in [5.41, 5.74) is 7.98. The molecule has 0 spiro atoms. The maximum Gasteiger partial charge on any atom is 0.247 e. The van der Waals surface area contributed by atoms with Crippen LogP contribution in [0, 0.1) is 0 Å². The van der Waals surface area contributed by atoms with Gasteiger partial charge in [-0.05, 0) is 30.4 Å². The van der Waals surface area contributed by atoms with Crippen molar-refractivity contribution in [3.05, 3.63) is 107 Å². The highest BCUT2D eigenvalue weighted by Gasteiger charge is 2.26. The van der Waals surface area contributed by atoms with Crippen molar-refractivity contribution >= 4 is 11.6 Å². The Balaban J connectivity index is 1.62. The lowest BCUT2D eigenvalue weighted by Gasteiger charge is -2.23. The third-order valence-corrected chi connectivity index (χ3v) is 5.06. The van der Waals surface area contributed by atoms with Gasteiger partial charge in [0.25, 0.3) is 0 Å². The zero-order chi connectivity index (χ0) is 18.5. The van der Waals surface area contributed by atoms with Gasteiger partial charge in [0.15, 0.2) is 0 Å². The second-order valence-corrected chi connectivity index (χ2v) is 6.81. The summed E-state index contributed by atoms with van der Waals surface area (Å²) in [4.78, 5) is 12.9. The predicted octanol–water partition coefficient (Wildman–Crippen LogP) is 4.68. The molecule has 1 atom stereocenters. The molecule has 3 aromatic rings. The maximum absolute atomic E-state index is 12.9. The van der Waals surface area contributed by atoms with E-state index in [0.717, 1.165) is 41.7 Å². The lowest BCUT2D eigenvalue weighted by Crippen LogP contribution is -2.29. The van der Waals surface area contributed by atoms with E-state index >= 15 is 0 Å². The minimum Gasteiger partial charge on any atom is -0.272 e. The number of hydrazone groups is 1. The molecule has 0 saturated carbocycles. The molecule has 3 aromatic carbocycles. The van der Waals surface area contributed by atoms with Crippen molar-refractivity contribution in [1.29, 1.82) is 0 Å². The normalized spacial score (nSPS) is 15.5. The summed E-state index contributed by atoms with van der Waals surface area (Å²) in [6.45, 7) is 0. The summed E-state index contributed by atoms with van der Waals surface area (Å²) in [5, 5.41) is 4.53. The summed E-state index contributed by atoms with van der Waals surface area (Å²) < 4.78 is 0. The Morgan fingerprint density at radius 1 is 0.815 bits per heavy atom. The number of carbonyl (C=O) groups is 1. The fraction of sp³-hybridized carbons (Fsp3) is 0.167. The first kappa shape index (κ1) is 17.2. The first-order valence-electron chi connectivity index (χ1n) is 9.39. The summed E-state index contributed by atoms with van der Waals surface area (Å²) in [6.07, 6.45) is 2.94. The lowest BCUT2D eigenvalue weighted by atomic mass is 9.82. The molecule has 4 rings (SSSR count). The van der Waals surface area contributed by atoms with E-state index in [1.165, 1.54) is 5.56 Å². The van der Waals surface area contributed by atoms with Crippen molar-refractivity contribution in [2.75, 3.05) is 0 Å². The van der Waals surface area contributed by atoms with Crippen LogP contribution >= 0.6 is 0 Å². The number of fused-ring (bicyclic) bond motifs is 1. The zero-order valence-electron chi connectivity index (χ0n) is 15.1. The van der Waals surface area contributed by atoms with Crippen LogP contribution in [0.25, 0.3) is 0 Å². The van der Waals surface area contributed by atoms with Crippen LogP contribution in [0.4, 0.5) is 0 Å². The summed E-state index contributed by atoms with van der Waals surface area (Å²) in [5.74, 6) is -0.169. The number of carbonyl (C=O) groups excluding carboxylic acids is 1. The van der Waals surface area contributed by atoms with Crippen LogP contribution in [-0.4, -0.2) is 11.6 Å². The maximum atomic E-state index is 12.9. The monoisotopic (exact) mass is 354 g/mol. The topological polar surface area (TPSA) is 41.5 Å². The molecule has 1 unspecified atom stereocenters. The molecule has 1 aliphatic carbocycles. The van der Waals surface area contributed by atoms with Gasteiger partial charge in [0.2, 0.25) is 5.91 Å². The molecular formula is C24H22N2O. The summed E-state index contributed by atoms with van der Waals surface area (Å²) >= 11 is 0. The van der Waals surface area contributed by atoms with E-state index in [2.05, 4.69) is 22.7 Å². The molecule has 0 heterocycles. The van der Waals surface area contributed by atoms with Crippen molar-refractivity contribution in [2.45, 2.75) is 25.2 Å². The first-order valence-corrected chi connectivity index (χ1v) is 9.39. The number of amides is 1. The van der Waals surface area contributed by atoms with E-state index in [0.29, 0.717) is 0 Å². The molecule has 0 aliphatic heterocycles. The number of nitrogens with one attached hydrogen (secondary N) is 1. The number of hydrogen-bond donors (Lipinski definition) is 1. The fourth-order valence-corrected chi connectivity index (χ4v) is 3.70. The van der Waals surface area contributed by atoms with Gasteiger partial charge >= 0.3 is 0 Å². The van der Waals surface area contributed by atoms with Gasteiger partial charge < -0.3 is 0 Å². The Bertz CT molecular complexity index is 907. The van der Waals surface area contributed by atoms with Crippen LogP contribution in [0.1, 0.15) is 41.0 Å². The average Bonchev–Trinajstić information content (AvgIpc) is 2.75. The Morgan fingerprint density at radius 2 is 1.41 bits per heavy atom. The van der Waals surface area contributed by atoms with Gasteiger partial charge in [-0.2, -0.15) is 5.10 Å². The summed E-state index contributed by atoms with van der Waals surface area (Å²) in [6, 6.07) is 28.1. The van der Waals surface area contributed by atoms with E-state index in [1.54, 1.807) is 0 Å². The molecule has 3 heteroatoms. The van der Waals surface area contributed by atoms with Gasteiger partial charge in [-0.15, -0.1) is 0 Å². The first-order chi connectivity index (χ1) is 13.3. The summed E-state index contributed by atoms with van der Waals surface area (Å²) in [7, 11) is 0. The second kappa shape index (κ2) is 8.00. The molecule has 3 nitrogen and oxygen atoms in total. The van der Waals surface area contributed by atoms with Gasteiger partial charge in [0, 0.05) is 11.1 Å². The van der Waals surface area contributed by atoms with Crippen molar-refractivity contribution in [3.8, 4) is 0 Å². The average molecular weight is 354 g/mol. The molecule has 0 fully saturated rings. The Morgan fingerprint density at radius 3 is 2.07 bits per heavy atom. The van der Waals surface area contributed by atoms with E-state index in [1.807, 2.05) is 72.8 Å². The van der Waals surface area contributed by atoms with E-state index in [9.17, 15) is 4.79 Å². The molecule has 0 aromatic heterocycles. The standard InChI is InChI=1S/C24H22N2O/c27-24(22-17-9-15-18-10-7-8-16-21(18)22)26-25-23(19-11-3-1-4-12-19)20-13-5-2-6-14-20/h1-8,10-14,16,22H,9,15,17H2,(H,26,27). The van der Waals surface area contributed by atoms with Crippen molar-refractivity contribution in [1.82, 2.24) is 5.43 Å². The molecule has 27 heavy (non-hydrogen) atoms.